The Labute approximate surface area is 192 Å². The van der Waals surface area contributed by atoms with Crippen LogP contribution in [0, 0.1) is 5.82 Å². The lowest BCUT2D eigenvalue weighted by atomic mass is 10.1. The third kappa shape index (κ3) is 6.72. The van der Waals surface area contributed by atoms with Crippen molar-refractivity contribution in [2.24, 2.45) is 4.99 Å². The van der Waals surface area contributed by atoms with Crippen molar-refractivity contribution in [3.05, 3.63) is 71.7 Å². The van der Waals surface area contributed by atoms with Crippen LogP contribution in [-0.2, 0) is 6.42 Å². The molecule has 4 N–H and O–H groups in total. The highest BCUT2D eigenvalue weighted by Gasteiger charge is 2.06. The van der Waals surface area contributed by atoms with Crippen molar-refractivity contribution in [2.45, 2.75) is 13.3 Å². The summed E-state index contributed by atoms with van der Waals surface area (Å²) in [6.45, 7) is 4.34. The van der Waals surface area contributed by atoms with Gasteiger partial charge in [-0.1, -0.05) is 18.2 Å². The first-order chi connectivity index (χ1) is 14.2. The number of fused-ring (bicyclic) bond motifs is 1. The lowest BCUT2D eigenvalue weighted by molar-refractivity contribution is 0.0954. The van der Waals surface area contributed by atoms with Crippen molar-refractivity contribution in [3.8, 4) is 0 Å². The Kier molecular flexibility index (Phi) is 9.59. The number of aromatic nitrogens is 1. The van der Waals surface area contributed by atoms with Crippen LogP contribution in [0.15, 0.2) is 59.7 Å². The summed E-state index contributed by atoms with van der Waals surface area (Å²) in [4.78, 5) is 19.8. The molecule has 8 heteroatoms. The fraction of sp³-hybridized carbons (Fsp3) is 0.273. The lowest BCUT2D eigenvalue weighted by Gasteiger charge is -2.12. The lowest BCUT2D eigenvalue weighted by Crippen LogP contribution is -2.41. The molecule has 0 aliphatic heterocycles. The van der Waals surface area contributed by atoms with Crippen molar-refractivity contribution in [3.63, 3.8) is 0 Å². The van der Waals surface area contributed by atoms with Gasteiger partial charge in [0.05, 0.1) is 0 Å². The van der Waals surface area contributed by atoms with E-state index in [9.17, 15) is 9.18 Å². The maximum atomic E-state index is 13.5. The van der Waals surface area contributed by atoms with E-state index in [-0.39, 0.29) is 35.7 Å². The summed E-state index contributed by atoms with van der Waals surface area (Å²) in [5.74, 6) is 0.350. The highest BCUT2D eigenvalue weighted by Crippen LogP contribution is 2.19. The summed E-state index contributed by atoms with van der Waals surface area (Å²) >= 11 is 0. The Morgan fingerprint density at radius 2 is 1.83 bits per heavy atom. The number of halogens is 2. The standard InChI is InChI=1S/C22H26FN5O.HI/c1-2-24-22(27-13-12-25-21(29)16-6-4-3-5-7-16)26-11-10-17-15-28-20-9-8-18(23)14-19(17)20;/h3-9,14-15,28H,2,10-13H2,1H3,(H,25,29)(H2,24,26,27);1H. The molecule has 0 aliphatic rings. The molecule has 0 saturated heterocycles. The number of H-pyrrole nitrogens is 1. The first-order valence-electron chi connectivity index (χ1n) is 9.78. The van der Waals surface area contributed by atoms with Crippen LogP contribution in [-0.4, -0.2) is 43.0 Å². The molecule has 30 heavy (non-hydrogen) atoms. The van der Waals surface area contributed by atoms with Gasteiger partial charge < -0.3 is 20.9 Å². The monoisotopic (exact) mass is 523 g/mol. The van der Waals surface area contributed by atoms with Crippen molar-refractivity contribution in [2.75, 3.05) is 26.2 Å². The van der Waals surface area contributed by atoms with E-state index in [1.807, 2.05) is 31.3 Å². The highest BCUT2D eigenvalue weighted by molar-refractivity contribution is 14.0. The van der Waals surface area contributed by atoms with E-state index < -0.39 is 0 Å². The molecule has 0 atom stereocenters. The number of aliphatic imine (C=N–C) groups is 1. The smallest absolute Gasteiger partial charge is 0.251 e. The second kappa shape index (κ2) is 12.2. The van der Waals surface area contributed by atoms with Gasteiger partial charge in [0, 0.05) is 48.8 Å². The Bertz CT molecular complexity index is 974. The third-order valence-corrected chi connectivity index (χ3v) is 4.46. The molecule has 0 fully saturated rings. The summed E-state index contributed by atoms with van der Waals surface area (Å²) in [6, 6.07) is 13.9. The number of aromatic amines is 1. The van der Waals surface area contributed by atoms with Gasteiger partial charge in [0.25, 0.3) is 5.91 Å². The number of hydrogen-bond donors (Lipinski definition) is 4. The van der Waals surface area contributed by atoms with Crippen LogP contribution < -0.4 is 16.0 Å². The number of benzene rings is 2. The molecule has 1 amide bonds. The minimum atomic E-state index is -0.241. The predicted molar refractivity (Wildman–Crippen MR) is 130 cm³/mol. The largest absolute Gasteiger partial charge is 0.361 e. The third-order valence-electron chi connectivity index (χ3n) is 4.46. The van der Waals surface area contributed by atoms with E-state index in [4.69, 9.17) is 0 Å². The van der Waals surface area contributed by atoms with Crippen LogP contribution in [0.3, 0.4) is 0 Å². The first-order valence-corrected chi connectivity index (χ1v) is 9.78. The van der Waals surface area contributed by atoms with E-state index in [2.05, 4.69) is 25.9 Å². The van der Waals surface area contributed by atoms with Crippen LogP contribution in [0.2, 0.25) is 0 Å². The number of amides is 1. The highest BCUT2D eigenvalue weighted by atomic mass is 127. The summed E-state index contributed by atoms with van der Waals surface area (Å²) < 4.78 is 13.5. The van der Waals surface area contributed by atoms with E-state index in [0.29, 0.717) is 37.6 Å². The van der Waals surface area contributed by atoms with Gasteiger partial charge in [0.15, 0.2) is 5.96 Å². The van der Waals surface area contributed by atoms with Gasteiger partial charge in [-0.05, 0) is 49.2 Å². The Balaban J connectivity index is 0.00000320. The van der Waals surface area contributed by atoms with Gasteiger partial charge in [-0.25, -0.2) is 4.39 Å². The minimum Gasteiger partial charge on any atom is -0.361 e. The molecule has 0 unspecified atom stereocenters. The molecule has 6 nitrogen and oxygen atoms in total. The number of nitrogens with one attached hydrogen (secondary N) is 4. The second-order valence-corrected chi connectivity index (χ2v) is 6.56. The van der Waals surface area contributed by atoms with Crippen molar-refractivity contribution in [1.29, 1.82) is 0 Å². The van der Waals surface area contributed by atoms with E-state index in [1.54, 1.807) is 24.3 Å². The molecule has 3 rings (SSSR count). The fourth-order valence-electron chi connectivity index (χ4n) is 3.04. The van der Waals surface area contributed by atoms with Crippen LogP contribution in [0.1, 0.15) is 22.8 Å². The van der Waals surface area contributed by atoms with E-state index in [1.165, 1.54) is 6.07 Å². The zero-order valence-electron chi connectivity index (χ0n) is 16.9. The van der Waals surface area contributed by atoms with Crippen LogP contribution >= 0.6 is 24.0 Å². The van der Waals surface area contributed by atoms with Crippen molar-refractivity contribution in [1.82, 2.24) is 20.9 Å². The summed E-state index contributed by atoms with van der Waals surface area (Å²) in [7, 11) is 0. The molecule has 0 bridgehead atoms. The molecule has 1 aromatic heterocycles. The number of rotatable bonds is 8. The number of guanidine groups is 1. The van der Waals surface area contributed by atoms with Gasteiger partial charge in [0.2, 0.25) is 0 Å². The van der Waals surface area contributed by atoms with Crippen LogP contribution in [0.25, 0.3) is 10.9 Å². The van der Waals surface area contributed by atoms with Gasteiger partial charge in [-0.3, -0.25) is 9.79 Å². The molecular formula is C22H27FIN5O. The van der Waals surface area contributed by atoms with E-state index in [0.717, 1.165) is 23.0 Å². The Morgan fingerprint density at radius 3 is 2.60 bits per heavy atom. The average molecular weight is 523 g/mol. The Morgan fingerprint density at radius 1 is 1.07 bits per heavy atom. The zero-order chi connectivity index (χ0) is 20.5. The summed E-state index contributed by atoms with van der Waals surface area (Å²) in [6.07, 6.45) is 2.60. The van der Waals surface area contributed by atoms with E-state index >= 15 is 0 Å². The van der Waals surface area contributed by atoms with Crippen molar-refractivity contribution >= 4 is 46.7 Å². The van der Waals surface area contributed by atoms with Gasteiger partial charge in [0.1, 0.15) is 5.82 Å². The molecule has 0 spiro atoms. The molecule has 160 valence electrons. The molecule has 2 aromatic carbocycles. The number of carbonyl (C=O) groups excluding carboxylic acids is 1. The SMILES string of the molecule is CCNC(=NCCc1c[nH]c2ccc(F)cc12)NCCNC(=O)c1ccccc1.I. The second-order valence-electron chi connectivity index (χ2n) is 6.56. The summed E-state index contributed by atoms with van der Waals surface area (Å²) in [5.41, 5.74) is 2.60. The molecule has 0 aliphatic carbocycles. The molecule has 0 radical (unpaired) electrons. The predicted octanol–water partition coefficient (Wildman–Crippen LogP) is 3.45. The molecule has 3 aromatic rings. The summed E-state index contributed by atoms with van der Waals surface area (Å²) in [5, 5.41) is 10.2. The number of hydrogen-bond acceptors (Lipinski definition) is 2. The zero-order valence-corrected chi connectivity index (χ0v) is 19.2. The molecule has 1 heterocycles. The quantitative estimate of drug-likeness (QED) is 0.158. The molecule has 0 saturated carbocycles. The number of carbonyl (C=O) groups is 1. The van der Waals surface area contributed by atoms with Crippen molar-refractivity contribution < 1.29 is 9.18 Å². The number of nitrogens with zero attached hydrogens (tertiary/aromatic N) is 1. The van der Waals surface area contributed by atoms with Crippen LogP contribution in [0.5, 0.6) is 0 Å². The fourth-order valence-corrected chi connectivity index (χ4v) is 3.04. The Hall–Kier alpha value is -2.62. The molecular weight excluding hydrogens is 496 g/mol. The maximum Gasteiger partial charge on any atom is 0.251 e. The van der Waals surface area contributed by atoms with Gasteiger partial charge in [-0.15, -0.1) is 24.0 Å². The van der Waals surface area contributed by atoms with Gasteiger partial charge >= 0.3 is 0 Å². The first kappa shape index (κ1) is 23.7. The average Bonchev–Trinajstić information content (AvgIpc) is 3.13. The van der Waals surface area contributed by atoms with Crippen LogP contribution in [0.4, 0.5) is 4.39 Å². The maximum absolute atomic E-state index is 13.5. The normalized spacial score (nSPS) is 11.1. The minimum absolute atomic E-state index is 0. The topological polar surface area (TPSA) is 81.3 Å². The van der Waals surface area contributed by atoms with Gasteiger partial charge in [-0.2, -0.15) is 0 Å².